The van der Waals surface area contributed by atoms with Gasteiger partial charge in [0.15, 0.2) is 0 Å². The molecule has 1 fully saturated rings. The zero-order valence-corrected chi connectivity index (χ0v) is 13.8. The first-order chi connectivity index (χ1) is 10.6. The van der Waals surface area contributed by atoms with Crippen LogP contribution in [0.15, 0.2) is 39.7 Å². The maximum absolute atomic E-state index is 11.6. The van der Waals surface area contributed by atoms with Crippen LogP contribution in [0.4, 0.5) is 0 Å². The summed E-state index contributed by atoms with van der Waals surface area (Å²) in [4.78, 5) is 12.1. The van der Waals surface area contributed by atoms with Crippen molar-refractivity contribution in [2.75, 3.05) is 7.11 Å². The van der Waals surface area contributed by atoms with Crippen LogP contribution in [0.3, 0.4) is 0 Å². The molecule has 1 aliphatic heterocycles. The lowest BCUT2D eigenvalue weighted by molar-refractivity contribution is -0.115. The lowest BCUT2D eigenvalue weighted by Gasteiger charge is -2.04. The van der Waals surface area contributed by atoms with Crippen molar-refractivity contribution in [1.29, 1.82) is 0 Å². The quantitative estimate of drug-likeness (QED) is 0.657. The number of rotatable bonds is 3. The molecule has 0 spiro atoms. The predicted octanol–water partition coefficient (Wildman–Crippen LogP) is 4.34. The van der Waals surface area contributed by atoms with Crippen molar-refractivity contribution in [2.24, 2.45) is 0 Å². The number of furan rings is 1. The van der Waals surface area contributed by atoms with Crippen LogP contribution in [0.25, 0.3) is 17.4 Å². The van der Waals surface area contributed by atoms with Crippen molar-refractivity contribution in [2.45, 2.75) is 0 Å². The number of thioether (sulfide) groups is 1. The molecular formula is C15H12ClNO3S2. The fourth-order valence-corrected chi connectivity index (χ4v) is 3.24. The van der Waals surface area contributed by atoms with Gasteiger partial charge in [-0.15, -0.1) is 0 Å². The number of hydrogen-bond donors (Lipinski definition) is 1. The minimum Gasteiger partial charge on any atom is -0.495 e. The van der Waals surface area contributed by atoms with Crippen LogP contribution in [0, 0.1) is 0 Å². The van der Waals surface area contributed by atoms with Crippen LogP contribution in [0.2, 0.25) is 5.02 Å². The molecular weight excluding hydrogens is 342 g/mol. The van der Waals surface area contributed by atoms with Crippen molar-refractivity contribution < 1.29 is 15.4 Å². The number of ether oxygens (including phenoxy) is 1. The number of hydrogen-bond acceptors (Lipinski definition) is 5. The molecule has 1 N–H and O–H groups in total. The van der Waals surface area contributed by atoms with Gasteiger partial charge in [0.05, 0.1) is 17.0 Å². The van der Waals surface area contributed by atoms with Crippen LogP contribution in [0.1, 0.15) is 7.19 Å². The summed E-state index contributed by atoms with van der Waals surface area (Å²) in [5, 5.41) is 3.07. The molecule has 114 valence electrons. The molecule has 1 aliphatic rings. The van der Waals surface area contributed by atoms with E-state index in [1.807, 2.05) is 12.1 Å². The SMILES string of the molecule is COc1ccc(-c2ccc(/C=C3/SC(=S)NC3=O)o2)cc1Cl.[HH]. The normalized spacial score (nSPS) is 16.2. The lowest BCUT2D eigenvalue weighted by atomic mass is 10.2. The summed E-state index contributed by atoms with van der Waals surface area (Å²) in [6.45, 7) is 0. The van der Waals surface area contributed by atoms with E-state index in [1.165, 1.54) is 11.8 Å². The molecule has 2 aromatic rings. The number of thiocarbonyl (C=S) groups is 1. The van der Waals surface area contributed by atoms with Crippen molar-refractivity contribution in [1.82, 2.24) is 5.32 Å². The van der Waals surface area contributed by atoms with E-state index in [2.05, 4.69) is 5.32 Å². The highest BCUT2D eigenvalue weighted by atomic mass is 35.5. The molecule has 3 rings (SSSR count). The number of carbonyl (C=O) groups excluding carboxylic acids is 1. The summed E-state index contributed by atoms with van der Waals surface area (Å²) < 4.78 is 11.3. The van der Waals surface area contributed by atoms with Crippen molar-refractivity contribution in [3.8, 4) is 17.1 Å². The lowest BCUT2D eigenvalue weighted by Crippen LogP contribution is -2.17. The highest BCUT2D eigenvalue weighted by Gasteiger charge is 2.22. The first-order valence-electron chi connectivity index (χ1n) is 6.25. The number of nitrogens with one attached hydrogen (secondary N) is 1. The first kappa shape index (κ1) is 15.1. The summed E-state index contributed by atoms with van der Waals surface area (Å²) in [5.74, 6) is 1.62. The van der Waals surface area contributed by atoms with Gasteiger partial charge < -0.3 is 14.5 Å². The minimum absolute atomic E-state index is 0. The van der Waals surface area contributed by atoms with Gasteiger partial charge >= 0.3 is 0 Å². The van der Waals surface area contributed by atoms with Crippen LogP contribution < -0.4 is 10.1 Å². The summed E-state index contributed by atoms with van der Waals surface area (Å²) in [6, 6.07) is 9.00. The molecule has 0 atom stereocenters. The maximum Gasteiger partial charge on any atom is 0.263 e. The van der Waals surface area contributed by atoms with Crippen LogP contribution in [-0.2, 0) is 4.79 Å². The molecule has 22 heavy (non-hydrogen) atoms. The Labute approximate surface area is 143 Å². The zero-order chi connectivity index (χ0) is 15.7. The monoisotopic (exact) mass is 353 g/mol. The molecule has 1 saturated heterocycles. The van der Waals surface area contributed by atoms with Gasteiger partial charge in [-0.1, -0.05) is 35.6 Å². The van der Waals surface area contributed by atoms with Crippen LogP contribution in [0.5, 0.6) is 5.75 Å². The standard InChI is InChI=1S/C15H10ClNO3S2.H2/c1-19-12-4-2-8(6-10(12)16)11-5-3-9(20-11)7-13-14(18)17-15(21)22-13;/h2-7H,1H3,(H,17,18,21);1H/b13-7+;. The Morgan fingerprint density at radius 2 is 2.23 bits per heavy atom. The smallest absolute Gasteiger partial charge is 0.263 e. The molecule has 0 unspecified atom stereocenters. The van der Waals surface area contributed by atoms with E-state index in [9.17, 15) is 4.79 Å². The Hall–Kier alpha value is -1.76. The number of benzene rings is 1. The molecule has 0 aliphatic carbocycles. The van der Waals surface area contributed by atoms with Crippen molar-refractivity contribution in [3.05, 3.63) is 46.0 Å². The molecule has 4 nitrogen and oxygen atoms in total. The van der Waals surface area contributed by atoms with Crippen LogP contribution in [-0.4, -0.2) is 17.3 Å². The van der Waals surface area contributed by atoms with E-state index in [0.29, 0.717) is 31.5 Å². The molecule has 0 radical (unpaired) electrons. The second kappa shape index (κ2) is 6.16. The van der Waals surface area contributed by atoms with Gasteiger partial charge in [0.25, 0.3) is 5.91 Å². The third-order valence-corrected chi connectivity index (χ3v) is 4.44. The summed E-state index contributed by atoms with van der Waals surface area (Å²) >= 11 is 12.3. The molecule has 7 heteroatoms. The average Bonchev–Trinajstić information content (AvgIpc) is 3.06. The summed E-state index contributed by atoms with van der Waals surface area (Å²) in [7, 11) is 1.56. The van der Waals surface area contributed by atoms with E-state index in [1.54, 1.807) is 31.4 Å². The maximum atomic E-state index is 11.6. The Morgan fingerprint density at radius 3 is 2.86 bits per heavy atom. The molecule has 1 aromatic carbocycles. The first-order valence-corrected chi connectivity index (χ1v) is 7.85. The molecule has 0 saturated carbocycles. The van der Waals surface area contributed by atoms with E-state index < -0.39 is 0 Å². The molecule has 0 bridgehead atoms. The Morgan fingerprint density at radius 1 is 1.41 bits per heavy atom. The average molecular weight is 354 g/mol. The third-order valence-electron chi connectivity index (χ3n) is 2.98. The number of methoxy groups -OCH3 is 1. The Bertz CT molecular complexity index is 804. The zero-order valence-electron chi connectivity index (χ0n) is 11.4. The van der Waals surface area contributed by atoms with Crippen molar-refractivity contribution in [3.63, 3.8) is 0 Å². The van der Waals surface area contributed by atoms with E-state index >= 15 is 0 Å². The number of carbonyl (C=O) groups is 1. The van der Waals surface area contributed by atoms with Gasteiger partial charge in [-0.2, -0.15) is 0 Å². The van der Waals surface area contributed by atoms with Gasteiger partial charge in [0.1, 0.15) is 21.6 Å². The van der Waals surface area contributed by atoms with Crippen molar-refractivity contribution >= 4 is 51.9 Å². The molecule has 2 heterocycles. The van der Waals surface area contributed by atoms with E-state index in [0.717, 1.165) is 5.56 Å². The second-order valence-corrected chi connectivity index (χ2v) is 6.53. The minimum atomic E-state index is -0.208. The fraction of sp³-hybridized carbons (Fsp3) is 0.0667. The third kappa shape index (κ3) is 3.04. The number of amides is 1. The second-order valence-electron chi connectivity index (χ2n) is 4.40. The van der Waals surface area contributed by atoms with Gasteiger partial charge in [0.2, 0.25) is 0 Å². The number of halogens is 1. The van der Waals surface area contributed by atoms with E-state index in [-0.39, 0.29) is 7.33 Å². The Balaban J connectivity index is 0.00000192. The highest BCUT2D eigenvalue weighted by Crippen LogP contribution is 2.32. The Kier molecular flexibility index (Phi) is 4.24. The van der Waals surface area contributed by atoms with Crippen LogP contribution >= 0.6 is 35.6 Å². The van der Waals surface area contributed by atoms with E-state index in [4.69, 9.17) is 33.0 Å². The predicted molar refractivity (Wildman–Crippen MR) is 94.1 cm³/mol. The highest BCUT2D eigenvalue weighted by molar-refractivity contribution is 8.26. The fourth-order valence-electron chi connectivity index (χ4n) is 1.96. The largest absolute Gasteiger partial charge is 0.495 e. The van der Waals surface area contributed by atoms with Gasteiger partial charge in [-0.05, 0) is 30.3 Å². The molecule has 1 aromatic heterocycles. The van der Waals surface area contributed by atoms with Gasteiger partial charge in [-0.25, -0.2) is 0 Å². The molecule has 1 amide bonds. The van der Waals surface area contributed by atoms with Gasteiger partial charge in [-0.3, -0.25) is 4.79 Å². The topological polar surface area (TPSA) is 51.5 Å². The summed E-state index contributed by atoms with van der Waals surface area (Å²) in [5.41, 5.74) is 0.828. The van der Waals surface area contributed by atoms with Gasteiger partial charge in [0, 0.05) is 13.1 Å². The summed E-state index contributed by atoms with van der Waals surface area (Å²) in [6.07, 6.45) is 1.66.